The number of likely N-dealkylation sites (N-methyl/N-ethyl adjacent to an activating group) is 1. The Hall–Kier alpha value is -0.120. The van der Waals surface area contributed by atoms with Crippen LogP contribution in [0.25, 0.3) is 0 Å². The third-order valence-corrected chi connectivity index (χ3v) is 2.81. The van der Waals surface area contributed by atoms with E-state index in [-0.39, 0.29) is 0 Å². The Morgan fingerprint density at radius 2 is 2.21 bits per heavy atom. The molecule has 0 radical (unpaired) electrons. The van der Waals surface area contributed by atoms with Crippen molar-refractivity contribution >= 4 is 0 Å². The average molecular weight is 200 g/mol. The van der Waals surface area contributed by atoms with E-state index in [0.29, 0.717) is 12.1 Å². The van der Waals surface area contributed by atoms with Crippen molar-refractivity contribution in [2.45, 2.75) is 38.3 Å². The zero-order valence-corrected chi connectivity index (χ0v) is 9.75. The van der Waals surface area contributed by atoms with Crippen molar-refractivity contribution in [1.82, 2.24) is 10.2 Å². The normalized spacial score (nSPS) is 28.3. The van der Waals surface area contributed by atoms with E-state index in [2.05, 4.69) is 31.2 Å². The van der Waals surface area contributed by atoms with Crippen molar-refractivity contribution in [2.75, 3.05) is 33.8 Å². The van der Waals surface area contributed by atoms with Crippen LogP contribution in [0.4, 0.5) is 0 Å². The highest BCUT2D eigenvalue weighted by Gasteiger charge is 2.20. The van der Waals surface area contributed by atoms with Gasteiger partial charge in [0.1, 0.15) is 0 Å². The SMILES string of the molecule is CCC1CC(NCCN(C)C)CCO1. The Bertz CT molecular complexity index is 150. The second kappa shape index (κ2) is 6.38. The highest BCUT2D eigenvalue weighted by atomic mass is 16.5. The lowest BCUT2D eigenvalue weighted by Gasteiger charge is -2.30. The highest BCUT2D eigenvalue weighted by molar-refractivity contribution is 4.76. The maximum atomic E-state index is 5.63. The van der Waals surface area contributed by atoms with Crippen molar-refractivity contribution in [1.29, 1.82) is 0 Å². The van der Waals surface area contributed by atoms with Gasteiger partial charge in [-0.05, 0) is 33.4 Å². The summed E-state index contributed by atoms with van der Waals surface area (Å²) >= 11 is 0. The molecule has 3 heteroatoms. The molecule has 1 aliphatic rings. The van der Waals surface area contributed by atoms with E-state index in [1.807, 2.05) is 0 Å². The predicted octanol–water partition coefficient (Wildman–Crippen LogP) is 1.10. The largest absolute Gasteiger partial charge is 0.378 e. The van der Waals surface area contributed by atoms with Crippen LogP contribution in [0.1, 0.15) is 26.2 Å². The lowest BCUT2D eigenvalue weighted by molar-refractivity contribution is -0.000130. The second-order valence-corrected chi connectivity index (χ2v) is 4.38. The monoisotopic (exact) mass is 200 g/mol. The first-order chi connectivity index (χ1) is 6.72. The van der Waals surface area contributed by atoms with E-state index in [1.165, 1.54) is 12.8 Å². The van der Waals surface area contributed by atoms with Crippen molar-refractivity contribution < 1.29 is 4.74 Å². The van der Waals surface area contributed by atoms with Crippen LogP contribution in [-0.4, -0.2) is 50.8 Å². The molecule has 14 heavy (non-hydrogen) atoms. The van der Waals surface area contributed by atoms with Crippen molar-refractivity contribution in [2.24, 2.45) is 0 Å². The molecule has 1 aliphatic heterocycles. The lowest BCUT2D eigenvalue weighted by atomic mass is 10.0. The molecule has 1 rings (SSSR count). The maximum absolute atomic E-state index is 5.63. The lowest BCUT2D eigenvalue weighted by Crippen LogP contribution is -2.41. The van der Waals surface area contributed by atoms with Crippen molar-refractivity contribution in [3.8, 4) is 0 Å². The Morgan fingerprint density at radius 1 is 1.43 bits per heavy atom. The Balaban J connectivity index is 2.11. The van der Waals surface area contributed by atoms with Gasteiger partial charge in [-0.3, -0.25) is 0 Å². The summed E-state index contributed by atoms with van der Waals surface area (Å²) in [7, 11) is 4.22. The first kappa shape index (κ1) is 12.0. The minimum atomic E-state index is 0.487. The molecule has 2 unspecified atom stereocenters. The fourth-order valence-electron chi connectivity index (χ4n) is 1.84. The zero-order chi connectivity index (χ0) is 10.4. The molecule has 3 nitrogen and oxygen atoms in total. The van der Waals surface area contributed by atoms with E-state index in [1.54, 1.807) is 0 Å². The quantitative estimate of drug-likeness (QED) is 0.719. The summed E-state index contributed by atoms with van der Waals surface area (Å²) in [5.74, 6) is 0. The fraction of sp³-hybridized carbons (Fsp3) is 1.00. The molecule has 1 saturated heterocycles. The van der Waals surface area contributed by atoms with Crippen LogP contribution in [0.15, 0.2) is 0 Å². The first-order valence-corrected chi connectivity index (χ1v) is 5.72. The van der Waals surface area contributed by atoms with Gasteiger partial charge in [0.2, 0.25) is 0 Å². The van der Waals surface area contributed by atoms with Gasteiger partial charge < -0.3 is 15.0 Å². The van der Waals surface area contributed by atoms with Crippen LogP contribution in [0.3, 0.4) is 0 Å². The van der Waals surface area contributed by atoms with Crippen LogP contribution < -0.4 is 5.32 Å². The number of nitrogens with one attached hydrogen (secondary N) is 1. The van der Waals surface area contributed by atoms with Gasteiger partial charge in [0.15, 0.2) is 0 Å². The number of ether oxygens (including phenoxy) is 1. The summed E-state index contributed by atoms with van der Waals surface area (Å²) in [6, 6.07) is 0.675. The summed E-state index contributed by atoms with van der Waals surface area (Å²) in [4.78, 5) is 2.21. The molecule has 2 atom stereocenters. The van der Waals surface area contributed by atoms with Gasteiger partial charge in [-0.2, -0.15) is 0 Å². The van der Waals surface area contributed by atoms with Gasteiger partial charge in [0.25, 0.3) is 0 Å². The van der Waals surface area contributed by atoms with Crippen LogP contribution >= 0.6 is 0 Å². The van der Waals surface area contributed by atoms with Crippen molar-refractivity contribution in [3.63, 3.8) is 0 Å². The van der Waals surface area contributed by atoms with Gasteiger partial charge in [-0.25, -0.2) is 0 Å². The molecule has 0 bridgehead atoms. The van der Waals surface area contributed by atoms with E-state index in [4.69, 9.17) is 4.74 Å². The van der Waals surface area contributed by atoms with Gasteiger partial charge in [0.05, 0.1) is 6.10 Å². The maximum Gasteiger partial charge on any atom is 0.0587 e. The zero-order valence-electron chi connectivity index (χ0n) is 9.75. The summed E-state index contributed by atoms with van der Waals surface area (Å²) in [6.07, 6.45) is 3.99. The minimum Gasteiger partial charge on any atom is -0.378 e. The van der Waals surface area contributed by atoms with Gasteiger partial charge >= 0.3 is 0 Å². The van der Waals surface area contributed by atoms with Crippen LogP contribution in [0.2, 0.25) is 0 Å². The molecule has 0 aromatic rings. The molecule has 0 aromatic carbocycles. The number of nitrogens with zero attached hydrogens (tertiary/aromatic N) is 1. The Labute approximate surface area is 87.8 Å². The molecule has 0 aromatic heterocycles. The predicted molar refractivity (Wildman–Crippen MR) is 59.6 cm³/mol. The Kier molecular flexibility index (Phi) is 5.45. The van der Waals surface area contributed by atoms with Crippen LogP contribution in [0, 0.1) is 0 Å². The van der Waals surface area contributed by atoms with E-state index < -0.39 is 0 Å². The third kappa shape index (κ3) is 4.40. The third-order valence-electron chi connectivity index (χ3n) is 2.81. The topological polar surface area (TPSA) is 24.5 Å². The molecular formula is C11H24N2O. The second-order valence-electron chi connectivity index (χ2n) is 4.38. The molecule has 0 aliphatic carbocycles. The van der Waals surface area contributed by atoms with Crippen LogP contribution in [-0.2, 0) is 4.74 Å². The first-order valence-electron chi connectivity index (χ1n) is 5.72. The summed E-state index contributed by atoms with van der Waals surface area (Å²) in [5.41, 5.74) is 0. The average Bonchev–Trinajstić information content (AvgIpc) is 2.18. The molecule has 1 heterocycles. The molecule has 84 valence electrons. The fourth-order valence-corrected chi connectivity index (χ4v) is 1.84. The van der Waals surface area contributed by atoms with E-state index >= 15 is 0 Å². The molecule has 1 N–H and O–H groups in total. The minimum absolute atomic E-state index is 0.487. The van der Waals surface area contributed by atoms with E-state index in [0.717, 1.165) is 26.1 Å². The number of hydrogen-bond acceptors (Lipinski definition) is 3. The summed E-state index contributed by atoms with van der Waals surface area (Å²) < 4.78 is 5.63. The standard InChI is InChI=1S/C11H24N2O/c1-4-11-9-10(5-8-14-11)12-6-7-13(2)3/h10-12H,4-9H2,1-3H3. The smallest absolute Gasteiger partial charge is 0.0587 e. The highest BCUT2D eigenvalue weighted by Crippen LogP contribution is 2.15. The van der Waals surface area contributed by atoms with E-state index in [9.17, 15) is 0 Å². The Morgan fingerprint density at radius 3 is 2.86 bits per heavy atom. The van der Waals surface area contributed by atoms with Gasteiger partial charge in [-0.1, -0.05) is 6.92 Å². The van der Waals surface area contributed by atoms with Gasteiger partial charge in [0, 0.05) is 25.7 Å². The molecule has 0 saturated carbocycles. The summed E-state index contributed by atoms with van der Waals surface area (Å²) in [6.45, 7) is 5.34. The molecule has 0 spiro atoms. The molecular weight excluding hydrogens is 176 g/mol. The van der Waals surface area contributed by atoms with Crippen molar-refractivity contribution in [3.05, 3.63) is 0 Å². The summed E-state index contributed by atoms with van der Waals surface area (Å²) in [5, 5.41) is 3.60. The molecule has 1 fully saturated rings. The molecule has 0 amide bonds. The number of rotatable bonds is 5. The van der Waals surface area contributed by atoms with Gasteiger partial charge in [-0.15, -0.1) is 0 Å². The van der Waals surface area contributed by atoms with Crippen LogP contribution in [0.5, 0.6) is 0 Å². The number of hydrogen-bond donors (Lipinski definition) is 1.